The van der Waals surface area contributed by atoms with Gasteiger partial charge in [0.2, 0.25) is 5.91 Å². The molecule has 3 rings (SSSR count). The second kappa shape index (κ2) is 7.25. The third kappa shape index (κ3) is 3.52. The van der Waals surface area contributed by atoms with Crippen molar-refractivity contribution >= 4 is 17.1 Å². The predicted molar refractivity (Wildman–Crippen MR) is 94.5 cm³/mol. The highest BCUT2D eigenvalue weighted by molar-refractivity contribution is 5.76. The molecule has 8 nitrogen and oxygen atoms in total. The van der Waals surface area contributed by atoms with Crippen molar-refractivity contribution < 1.29 is 4.79 Å². The quantitative estimate of drug-likeness (QED) is 0.860. The lowest BCUT2D eigenvalue weighted by Crippen LogP contribution is -2.37. The SMILES string of the molecule is Cn1c(=O)c2c(ncn2CCCC(=O)NC2CCCCC2)n(C)c1=O. The van der Waals surface area contributed by atoms with E-state index in [0.29, 0.717) is 36.6 Å². The van der Waals surface area contributed by atoms with Crippen LogP contribution in [0.15, 0.2) is 15.9 Å². The van der Waals surface area contributed by atoms with Crippen LogP contribution in [-0.2, 0) is 25.4 Å². The molecular weight excluding hydrogens is 322 g/mol. The molecule has 0 radical (unpaired) electrons. The van der Waals surface area contributed by atoms with Gasteiger partial charge in [-0.2, -0.15) is 0 Å². The molecule has 136 valence electrons. The van der Waals surface area contributed by atoms with E-state index in [-0.39, 0.29) is 11.5 Å². The van der Waals surface area contributed by atoms with E-state index in [1.165, 1.54) is 30.9 Å². The summed E-state index contributed by atoms with van der Waals surface area (Å²) in [5.41, 5.74) is 0.0221. The van der Waals surface area contributed by atoms with Gasteiger partial charge in [-0.15, -0.1) is 0 Å². The van der Waals surface area contributed by atoms with Gasteiger partial charge in [-0.25, -0.2) is 9.78 Å². The number of fused-ring (bicyclic) bond motifs is 1. The Labute approximate surface area is 145 Å². The number of hydrogen-bond donors (Lipinski definition) is 1. The molecule has 8 heteroatoms. The molecule has 1 saturated carbocycles. The van der Waals surface area contributed by atoms with E-state index < -0.39 is 5.69 Å². The Kier molecular flexibility index (Phi) is 5.06. The van der Waals surface area contributed by atoms with E-state index in [9.17, 15) is 14.4 Å². The molecule has 2 aromatic heterocycles. The van der Waals surface area contributed by atoms with Crippen molar-refractivity contribution in [2.75, 3.05) is 0 Å². The molecule has 1 aliphatic rings. The van der Waals surface area contributed by atoms with Crippen LogP contribution in [0.25, 0.3) is 11.2 Å². The van der Waals surface area contributed by atoms with Crippen LogP contribution in [0, 0.1) is 0 Å². The number of hydrogen-bond acceptors (Lipinski definition) is 4. The van der Waals surface area contributed by atoms with Crippen LogP contribution in [-0.4, -0.2) is 30.6 Å². The van der Waals surface area contributed by atoms with Gasteiger partial charge >= 0.3 is 5.69 Å². The van der Waals surface area contributed by atoms with Gasteiger partial charge in [-0.05, 0) is 19.3 Å². The van der Waals surface area contributed by atoms with Gasteiger partial charge in [0.15, 0.2) is 11.2 Å². The first-order valence-electron chi connectivity index (χ1n) is 8.89. The largest absolute Gasteiger partial charge is 0.353 e. The summed E-state index contributed by atoms with van der Waals surface area (Å²) in [6.07, 6.45) is 8.38. The maximum atomic E-state index is 12.4. The van der Waals surface area contributed by atoms with E-state index in [1.807, 2.05) is 0 Å². The van der Waals surface area contributed by atoms with Crippen molar-refractivity contribution in [2.45, 2.75) is 57.5 Å². The molecule has 0 saturated heterocycles. The Morgan fingerprint density at radius 3 is 2.64 bits per heavy atom. The average molecular weight is 347 g/mol. The molecule has 0 spiro atoms. The zero-order valence-electron chi connectivity index (χ0n) is 14.8. The van der Waals surface area contributed by atoms with Gasteiger partial charge in [0, 0.05) is 33.1 Å². The average Bonchev–Trinajstić information content (AvgIpc) is 3.03. The van der Waals surface area contributed by atoms with Crippen molar-refractivity contribution in [3.8, 4) is 0 Å². The van der Waals surface area contributed by atoms with Crippen molar-refractivity contribution in [3.05, 3.63) is 27.2 Å². The second-order valence-electron chi connectivity index (χ2n) is 6.82. The fourth-order valence-corrected chi connectivity index (χ4v) is 3.52. The summed E-state index contributed by atoms with van der Waals surface area (Å²) >= 11 is 0. The lowest BCUT2D eigenvalue weighted by molar-refractivity contribution is -0.122. The fourth-order valence-electron chi connectivity index (χ4n) is 3.52. The van der Waals surface area contributed by atoms with Crippen LogP contribution >= 0.6 is 0 Å². The molecule has 1 amide bonds. The first-order valence-corrected chi connectivity index (χ1v) is 8.89. The van der Waals surface area contributed by atoms with Crippen molar-refractivity contribution in [1.82, 2.24) is 24.0 Å². The minimum Gasteiger partial charge on any atom is -0.353 e. The molecule has 25 heavy (non-hydrogen) atoms. The third-order valence-electron chi connectivity index (χ3n) is 4.99. The maximum Gasteiger partial charge on any atom is 0.332 e. The second-order valence-corrected chi connectivity index (χ2v) is 6.82. The highest BCUT2D eigenvalue weighted by atomic mass is 16.2. The van der Waals surface area contributed by atoms with E-state index in [0.717, 1.165) is 17.4 Å². The Balaban J connectivity index is 1.65. The summed E-state index contributed by atoms with van der Waals surface area (Å²) < 4.78 is 4.17. The molecular formula is C17H25N5O3. The molecule has 1 fully saturated rings. The summed E-state index contributed by atoms with van der Waals surface area (Å²) in [5, 5.41) is 3.10. The summed E-state index contributed by atoms with van der Waals surface area (Å²) in [5.74, 6) is 0.0663. The van der Waals surface area contributed by atoms with Gasteiger partial charge in [-0.1, -0.05) is 19.3 Å². The van der Waals surface area contributed by atoms with E-state index >= 15 is 0 Å². The standard InChI is InChI=1S/C17H25N5O3/c1-20-15-14(16(24)21(2)17(20)25)22(11-18-15)10-6-9-13(23)19-12-7-4-3-5-8-12/h11-12H,3-10H2,1-2H3,(H,19,23). The number of rotatable bonds is 5. The predicted octanol–water partition coefficient (Wildman–Crippen LogP) is 0.663. The molecule has 0 aliphatic heterocycles. The molecule has 0 aromatic carbocycles. The number of nitrogens with one attached hydrogen (secondary N) is 1. The van der Waals surface area contributed by atoms with Crippen LogP contribution in [0.5, 0.6) is 0 Å². The number of aromatic nitrogens is 4. The highest BCUT2D eigenvalue weighted by Gasteiger charge is 2.16. The monoisotopic (exact) mass is 347 g/mol. The number of carbonyl (C=O) groups is 1. The lowest BCUT2D eigenvalue weighted by Gasteiger charge is -2.22. The van der Waals surface area contributed by atoms with Gasteiger partial charge in [-0.3, -0.25) is 18.7 Å². The van der Waals surface area contributed by atoms with E-state index in [4.69, 9.17) is 0 Å². The first kappa shape index (κ1) is 17.4. The van der Waals surface area contributed by atoms with Crippen molar-refractivity contribution in [2.24, 2.45) is 14.1 Å². The normalized spacial score (nSPS) is 15.6. The Bertz CT molecular complexity index is 886. The highest BCUT2D eigenvalue weighted by Crippen LogP contribution is 2.17. The van der Waals surface area contributed by atoms with Gasteiger partial charge < -0.3 is 9.88 Å². The molecule has 2 heterocycles. The summed E-state index contributed by atoms with van der Waals surface area (Å²) in [7, 11) is 3.05. The number of nitrogens with zero attached hydrogens (tertiary/aromatic N) is 4. The zero-order valence-corrected chi connectivity index (χ0v) is 14.8. The minimum atomic E-state index is -0.394. The van der Waals surface area contributed by atoms with Crippen LogP contribution in [0.2, 0.25) is 0 Å². The summed E-state index contributed by atoms with van der Waals surface area (Å²) in [6.45, 7) is 0.516. The van der Waals surface area contributed by atoms with Crippen LogP contribution < -0.4 is 16.6 Å². The number of imidazole rings is 1. The molecule has 1 aliphatic carbocycles. The van der Waals surface area contributed by atoms with Gasteiger partial charge in [0.05, 0.1) is 6.33 Å². The Hall–Kier alpha value is -2.38. The molecule has 0 unspecified atom stereocenters. The van der Waals surface area contributed by atoms with Crippen molar-refractivity contribution in [1.29, 1.82) is 0 Å². The van der Waals surface area contributed by atoms with E-state index in [2.05, 4.69) is 10.3 Å². The molecule has 0 atom stereocenters. The zero-order chi connectivity index (χ0) is 18.0. The molecule has 1 N–H and O–H groups in total. The maximum absolute atomic E-state index is 12.4. The number of carbonyl (C=O) groups excluding carboxylic acids is 1. The summed E-state index contributed by atoms with van der Waals surface area (Å²) in [4.78, 5) is 40.5. The smallest absolute Gasteiger partial charge is 0.332 e. The minimum absolute atomic E-state index is 0.0663. The molecule has 2 aromatic rings. The van der Waals surface area contributed by atoms with E-state index in [1.54, 1.807) is 17.9 Å². The topological polar surface area (TPSA) is 90.9 Å². The van der Waals surface area contributed by atoms with Gasteiger partial charge in [0.25, 0.3) is 5.56 Å². The first-order chi connectivity index (χ1) is 12.0. The lowest BCUT2D eigenvalue weighted by atomic mass is 9.95. The van der Waals surface area contributed by atoms with Gasteiger partial charge in [0.1, 0.15) is 0 Å². The third-order valence-corrected chi connectivity index (χ3v) is 4.99. The van der Waals surface area contributed by atoms with Crippen LogP contribution in [0.3, 0.4) is 0 Å². The Morgan fingerprint density at radius 2 is 1.92 bits per heavy atom. The number of amides is 1. The Morgan fingerprint density at radius 1 is 1.20 bits per heavy atom. The van der Waals surface area contributed by atoms with Crippen LogP contribution in [0.4, 0.5) is 0 Å². The van der Waals surface area contributed by atoms with Crippen LogP contribution in [0.1, 0.15) is 44.9 Å². The number of aryl methyl sites for hydroxylation is 2. The van der Waals surface area contributed by atoms with Crippen molar-refractivity contribution in [3.63, 3.8) is 0 Å². The molecule has 0 bridgehead atoms. The summed E-state index contributed by atoms with van der Waals surface area (Å²) in [6, 6.07) is 0.317. The fraction of sp³-hybridized carbons (Fsp3) is 0.647.